The first-order valence-corrected chi connectivity index (χ1v) is 8.81. The number of para-hydroxylation sites is 1. The Kier molecular flexibility index (Phi) is 4.32. The second kappa shape index (κ2) is 6.30. The zero-order valence-corrected chi connectivity index (χ0v) is 14.4. The van der Waals surface area contributed by atoms with Crippen LogP contribution in [0.5, 0.6) is 5.75 Å². The van der Waals surface area contributed by atoms with Crippen molar-refractivity contribution < 1.29 is 17.5 Å². The van der Waals surface area contributed by atoms with Crippen molar-refractivity contribution in [2.24, 2.45) is 0 Å². The molecule has 0 spiro atoms. The summed E-state index contributed by atoms with van der Waals surface area (Å²) >= 11 is 5.90. The summed E-state index contributed by atoms with van der Waals surface area (Å²) in [7, 11) is -4.38. The molecular weight excluding hydrogens is 368 g/mol. The van der Waals surface area contributed by atoms with E-state index in [2.05, 4.69) is 4.98 Å². The topological polar surface area (TPSA) is 99.4 Å². The van der Waals surface area contributed by atoms with Crippen molar-refractivity contribution in [2.75, 3.05) is 0 Å². The summed E-state index contributed by atoms with van der Waals surface area (Å²) in [6, 6.07) is 11.5. The lowest BCUT2D eigenvalue weighted by Crippen LogP contribution is -2.11. The number of benzene rings is 2. The van der Waals surface area contributed by atoms with Crippen LogP contribution >= 0.6 is 11.6 Å². The van der Waals surface area contributed by atoms with Gasteiger partial charge in [-0.1, -0.05) is 29.8 Å². The van der Waals surface area contributed by atoms with Gasteiger partial charge in [0, 0.05) is 23.2 Å². The van der Waals surface area contributed by atoms with Gasteiger partial charge in [0.25, 0.3) is 5.69 Å². The molecule has 2 aromatic carbocycles. The third-order valence-corrected chi connectivity index (χ3v) is 5.13. The Balaban J connectivity index is 2.10. The molecule has 9 heteroatoms. The minimum absolute atomic E-state index is 0.0174. The monoisotopic (exact) mass is 378 g/mol. The summed E-state index contributed by atoms with van der Waals surface area (Å²) in [6.45, 7) is 1.77. The Hall–Kier alpha value is -2.71. The van der Waals surface area contributed by atoms with Gasteiger partial charge >= 0.3 is 10.1 Å². The number of hydrogen-bond donors (Lipinski definition) is 0. The van der Waals surface area contributed by atoms with E-state index in [1.165, 1.54) is 6.07 Å². The van der Waals surface area contributed by atoms with Gasteiger partial charge in [-0.3, -0.25) is 10.1 Å². The predicted molar refractivity (Wildman–Crippen MR) is 92.4 cm³/mol. The molecule has 1 aromatic heterocycles. The average molecular weight is 379 g/mol. The lowest BCUT2D eigenvalue weighted by Gasteiger charge is -2.10. The van der Waals surface area contributed by atoms with E-state index >= 15 is 0 Å². The molecule has 3 rings (SSSR count). The van der Waals surface area contributed by atoms with Crippen LogP contribution in [0, 0.1) is 17.0 Å². The molecule has 128 valence electrons. The molecule has 0 amide bonds. The van der Waals surface area contributed by atoms with E-state index in [1.807, 2.05) is 0 Å². The summed E-state index contributed by atoms with van der Waals surface area (Å²) < 4.78 is 30.3. The molecule has 0 fully saturated rings. The van der Waals surface area contributed by atoms with Crippen molar-refractivity contribution in [2.45, 2.75) is 11.8 Å². The Morgan fingerprint density at radius 2 is 1.92 bits per heavy atom. The summed E-state index contributed by atoms with van der Waals surface area (Å²) in [6.07, 6.45) is 0. The summed E-state index contributed by atoms with van der Waals surface area (Å²) in [5, 5.41) is 11.4. The van der Waals surface area contributed by atoms with Crippen molar-refractivity contribution in [3.8, 4) is 5.75 Å². The fourth-order valence-corrected chi connectivity index (χ4v) is 3.68. The minimum Gasteiger partial charge on any atom is -0.377 e. The third kappa shape index (κ3) is 3.40. The van der Waals surface area contributed by atoms with Crippen molar-refractivity contribution in [1.29, 1.82) is 0 Å². The summed E-state index contributed by atoms with van der Waals surface area (Å²) in [4.78, 5) is 14.0. The van der Waals surface area contributed by atoms with E-state index < -0.39 is 25.6 Å². The molecule has 0 atom stereocenters. The maximum absolute atomic E-state index is 12.6. The van der Waals surface area contributed by atoms with E-state index in [0.29, 0.717) is 16.6 Å². The lowest BCUT2D eigenvalue weighted by molar-refractivity contribution is -0.385. The first-order valence-electron chi connectivity index (χ1n) is 7.03. The number of hydrogen-bond acceptors (Lipinski definition) is 6. The van der Waals surface area contributed by atoms with Crippen LogP contribution < -0.4 is 4.18 Å². The molecule has 0 bridgehead atoms. The molecule has 1 heterocycles. The SMILES string of the molecule is Cc1ccc2cccc(OS(=O)(=O)c3cc([N+](=O)[O-])ccc3Cl)c2n1. The van der Waals surface area contributed by atoms with Gasteiger partial charge in [-0.25, -0.2) is 4.98 Å². The van der Waals surface area contributed by atoms with Crippen molar-refractivity contribution in [3.05, 3.63) is 69.4 Å². The maximum atomic E-state index is 12.6. The number of nitrogens with zero attached hydrogens (tertiary/aromatic N) is 2. The summed E-state index contributed by atoms with van der Waals surface area (Å²) in [5.74, 6) is 0.0174. The molecule has 0 aliphatic carbocycles. The van der Waals surface area contributed by atoms with Gasteiger partial charge in [0.2, 0.25) is 0 Å². The number of nitro benzene ring substituents is 1. The first kappa shape index (κ1) is 17.1. The molecule has 25 heavy (non-hydrogen) atoms. The first-order chi connectivity index (χ1) is 11.8. The fraction of sp³-hybridized carbons (Fsp3) is 0.0625. The van der Waals surface area contributed by atoms with Gasteiger partial charge in [-0.05, 0) is 25.1 Å². The average Bonchev–Trinajstić information content (AvgIpc) is 2.55. The highest BCUT2D eigenvalue weighted by Gasteiger charge is 2.24. The van der Waals surface area contributed by atoms with Crippen LogP contribution in [0.2, 0.25) is 5.02 Å². The number of rotatable bonds is 4. The molecule has 0 aliphatic heterocycles. The second-order valence-corrected chi connectivity index (χ2v) is 7.11. The molecule has 0 saturated carbocycles. The predicted octanol–water partition coefficient (Wildman–Crippen LogP) is 3.87. The highest BCUT2D eigenvalue weighted by Crippen LogP contribution is 2.31. The van der Waals surface area contributed by atoms with Crippen LogP contribution in [-0.2, 0) is 10.1 Å². The molecule has 0 unspecified atom stereocenters. The number of halogens is 1. The molecular formula is C16H11ClN2O5S. The van der Waals surface area contributed by atoms with E-state index in [1.54, 1.807) is 31.2 Å². The van der Waals surface area contributed by atoms with Crippen molar-refractivity contribution in [1.82, 2.24) is 4.98 Å². The van der Waals surface area contributed by atoms with Crippen LogP contribution in [0.4, 0.5) is 5.69 Å². The molecule has 0 aliphatic rings. The normalized spacial score (nSPS) is 11.4. The largest absolute Gasteiger partial charge is 0.377 e. The van der Waals surface area contributed by atoms with Gasteiger partial charge in [0.05, 0.1) is 9.95 Å². The van der Waals surface area contributed by atoms with Crippen LogP contribution in [-0.4, -0.2) is 18.3 Å². The van der Waals surface area contributed by atoms with Crippen molar-refractivity contribution >= 4 is 38.3 Å². The molecule has 0 N–H and O–H groups in total. The Morgan fingerprint density at radius 1 is 1.16 bits per heavy atom. The Bertz CT molecular complexity index is 1100. The Labute approximate surface area is 148 Å². The molecule has 7 nitrogen and oxygen atoms in total. The van der Waals surface area contributed by atoms with Gasteiger partial charge in [-0.2, -0.15) is 8.42 Å². The molecule has 3 aromatic rings. The van der Waals surface area contributed by atoms with Crippen molar-refractivity contribution in [3.63, 3.8) is 0 Å². The van der Waals surface area contributed by atoms with Gasteiger partial charge in [0.15, 0.2) is 5.75 Å². The number of fused-ring (bicyclic) bond motifs is 1. The van der Waals surface area contributed by atoms with E-state index in [4.69, 9.17) is 15.8 Å². The smallest absolute Gasteiger partial charge is 0.341 e. The highest BCUT2D eigenvalue weighted by molar-refractivity contribution is 7.87. The van der Waals surface area contributed by atoms with Crippen LogP contribution in [0.3, 0.4) is 0 Å². The number of aromatic nitrogens is 1. The highest BCUT2D eigenvalue weighted by atomic mass is 35.5. The lowest BCUT2D eigenvalue weighted by atomic mass is 10.2. The third-order valence-electron chi connectivity index (χ3n) is 3.42. The number of non-ortho nitro benzene ring substituents is 1. The molecule has 0 radical (unpaired) electrons. The van der Waals surface area contributed by atoms with E-state index in [0.717, 1.165) is 18.2 Å². The van der Waals surface area contributed by atoms with Crippen LogP contribution in [0.25, 0.3) is 10.9 Å². The van der Waals surface area contributed by atoms with Crippen LogP contribution in [0.1, 0.15) is 5.69 Å². The summed E-state index contributed by atoms with van der Waals surface area (Å²) in [5.41, 5.74) is 0.653. The minimum atomic E-state index is -4.38. The fourth-order valence-electron chi connectivity index (χ4n) is 2.24. The maximum Gasteiger partial charge on any atom is 0.341 e. The standard InChI is InChI=1S/C16H11ClN2O5S/c1-10-5-6-11-3-2-4-14(16(11)18-10)24-25(22,23)15-9-12(19(20)21)7-8-13(15)17/h2-9H,1H3. The van der Waals surface area contributed by atoms with Gasteiger partial charge < -0.3 is 4.18 Å². The van der Waals surface area contributed by atoms with E-state index in [9.17, 15) is 18.5 Å². The zero-order chi connectivity index (χ0) is 18.2. The number of pyridine rings is 1. The number of aryl methyl sites for hydroxylation is 1. The molecule has 0 saturated heterocycles. The second-order valence-electron chi connectivity index (χ2n) is 5.19. The Morgan fingerprint density at radius 3 is 2.64 bits per heavy atom. The van der Waals surface area contributed by atoms with Gasteiger partial charge in [-0.15, -0.1) is 0 Å². The zero-order valence-electron chi connectivity index (χ0n) is 12.8. The quantitative estimate of drug-likeness (QED) is 0.388. The van der Waals surface area contributed by atoms with Crippen LogP contribution in [0.15, 0.2) is 53.4 Å². The van der Waals surface area contributed by atoms with E-state index in [-0.39, 0.29) is 10.8 Å². The number of nitro groups is 1. The van der Waals surface area contributed by atoms with Gasteiger partial charge in [0.1, 0.15) is 10.4 Å².